The first kappa shape index (κ1) is 25.0. The summed E-state index contributed by atoms with van der Waals surface area (Å²) in [5.41, 5.74) is 8.59. The van der Waals surface area contributed by atoms with E-state index >= 15 is 0 Å². The van der Waals surface area contributed by atoms with Crippen LogP contribution in [0.1, 0.15) is 12.0 Å². The third-order valence-corrected chi connectivity index (χ3v) is 7.16. The minimum atomic E-state index is -0.220. The molecule has 0 radical (unpaired) electrons. The number of para-hydroxylation sites is 1. The van der Waals surface area contributed by atoms with E-state index in [1.165, 1.54) is 6.21 Å². The van der Waals surface area contributed by atoms with Crippen molar-refractivity contribution in [1.29, 1.82) is 0 Å². The number of nitrogens with zero attached hydrogens (tertiary/aromatic N) is 2. The molecule has 4 aromatic carbocycles. The monoisotopic (exact) mass is 615 g/mol. The summed E-state index contributed by atoms with van der Waals surface area (Å²) < 4.78 is 3.54. The highest BCUT2D eigenvalue weighted by Crippen LogP contribution is 2.41. The number of carbonyl (C=O) groups is 1. The lowest BCUT2D eigenvalue weighted by Gasteiger charge is -2.13. The van der Waals surface area contributed by atoms with Crippen molar-refractivity contribution in [3.05, 3.63) is 112 Å². The van der Waals surface area contributed by atoms with E-state index in [0.29, 0.717) is 16.6 Å². The number of hydrogen-bond donors (Lipinski definition) is 2. The van der Waals surface area contributed by atoms with E-state index in [0.717, 1.165) is 37.8 Å². The number of carbonyl (C=O) groups excluding carboxylic acids is 1. The molecular weight excluding hydrogens is 594 g/mol. The largest absolute Gasteiger partial charge is 0.506 e. The van der Waals surface area contributed by atoms with Gasteiger partial charge in [0.05, 0.1) is 16.4 Å². The molecule has 0 saturated heterocycles. The van der Waals surface area contributed by atoms with Gasteiger partial charge in [-0.15, -0.1) is 0 Å². The van der Waals surface area contributed by atoms with Crippen molar-refractivity contribution in [3.8, 4) is 28.1 Å². The number of phenols is 1. The molecule has 0 saturated carbocycles. The second kappa shape index (κ2) is 11.2. The fourth-order valence-electron chi connectivity index (χ4n) is 4.46. The first-order valence-corrected chi connectivity index (χ1v) is 13.3. The average molecular weight is 617 g/mol. The van der Waals surface area contributed by atoms with Crippen LogP contribution in [-0.4, -0.2) is 21.8 Å². The number of amides is 1. The number of halogens is 2. The van der Waals surface area contributed by atoms with Crippen LogP contribution in [0.15, 0.2) is 111 Å². The lowest BCUT2D eigenvalue weighted by molar-refractivity contribution is -0.121. The number of benzene rings is 4. The summed E-state index contributed by atoms with van der Waals surface area (Å²) in [4.78, 5) is 12.8. The van der Waals surface area contributed by atoms with E-state index in [1.807, 2.05) is 48.5 Å². The summed E-state index contributed by atoms with van der Waals surface area (Å²) in [6, 6.07) is 32.4. The van der Waals surface area contributed by atoms with Crippen molar-refractivity contribution in [3.63, 3.8) is 0 Å². The van der Waals surface area contributed by atoms with Gasteiger partial charge < -0.3 is 9.67 Å². The number of nitrogens with one attached hydrogen (secondary N) is 1. The average Bonchev–Trinajstić information content (AvgIpc) is 3.25. The topological polar surface area (TPSA) is 66.6 Å². The molecule has 0 fully saturated rings. The Labute approximate surface area is 231 Å². The van der Waals surface area contributed by atoms with Crippen LogP contribution < -0.4 is 5.43 Å². The van der Waals surface area contributed by atoms with E-state index < -0.39 is 0 Å². The second-order valence-electron chi connectivity index (χ2n) is 8.49. The van der Waals surface area contributed by atoms with Crippen molar-refractivity contribution in [2.24, 2.45) is 5.10 Å². The first-order valence-electron chi connectivity index (χ1n) is 11.7. The van der Waals surface area contributed by atoms with E-state index in [-0.39, 0.29) is 18.1 Å². The van der Waals surface area contributed by atoms with Gasteiger partial charge in [0.15, 0.2) is 0 Å². The van der Waals surface area contributed by atoms with Gasteiger partial charge in [-0.05, 0) is 45.3 Å². The molecule has 0 atom stereocenters. The summed E-state index contributed by atoms with van der Waals surface area (Å²) in [5, 5.41) is 15.4. The molecule has 5 aromatic rings. The maximum Gasteiger partial charge on any atom is 0.241 e. The lowest BCUT2D eigenvalue weighted by Crippen LogP contribution is -2.19. The normalized spacial score (nSPS) is 11.3. The molecule has 0 aliphatic carbocycles. The third kappa shape index (κ3) is 5.38. The molecule has 37 heavy (non-hydrogen) atoms. The molecule has 5 rings (SSSR count). The summed E-state index contributed by atoms with van der Waals surface area (Å²) in [7, 11) is 0. The van der Waals surface area contributed by atoms with Crippen LogP contribution >= 0.6 is 31.9 Å². The maximum absolute atomic E-state index is 12.8. The number of rotatable bonds is 7. The predicted octanol–water partition coefficient (Wildman–Crippen LogP) is 7.75. The molecule has 7 heteroatoms. The molecule has 5 nitrogen and oxygen atoms in total. The van der Waals surface area contributed by atoms with Gasteiger partial charge in [0.1, 0.15) is 5.75 Å². The zero-order valence-electron chi connectivity index (χ0n) is 19.7. The lowest BCUT2D eigenvalue weighted by atomic mass is 9.98. The van der Waals surface area contributed by atoms with Gasteiger partial charge in [-0.25, -0.2) is 5.43 Å². The Balaban J connectivity index is 1.46. The summed E-state index contributed by atoms with van der Waals surface area (Å²) in [5.74, 6) is -0.163. The fourth-order valence-corrected chi connectivity index (χ4v) is 5.71. The van der Waals surface area contributed by atoms with Crippen LogP contribution in [0.4, 0.5) is 0 Å². The smallest absolute Gasteiger partial charge is 0.241 e. The highest BCUT2D eigenvalue weighted by Gasteiger charge is 2.20. The number of aromatic hydroxyl groups is 1. The molecule has 1 heterocycles. The number of phenolic OH excluding ortho intramolecular Hbond substituents is 1. The minimum Gasteiger partial charge on any atom is -0.506 e. The highest BCUT2D eigenvalue weighted by molar-refractivity contribution is 9.11. The SMILES string of the molecule is O=C(CCn1c(-c2ccccc2)c(-c2ccccc2)c2ccccc21)NN=Cc1cc(Br)cc(Br)c1O. The Morgan fingerprint density at radius 1 is 0.892 bits per heavy atom. The Bertz CT molecular complexity index is 1600. The highest BCUT2D eigenvalue weighted by atomic mass is 79.9. The molecule has 0 unspecified atom stereocenters. The van der Waals surface area contributed by atoms with Crippen LogP contribution in [0.5, 0.6) is 5.75 Å². The molecule has 0 spiro atoms. The Morgan fingerprint density at radius 2 is 1.54 bits per heavy atom. The molecule has 0 aliphatic rings. The minimum absolute atomic E-state index is 0.0564. The van der Waals surface area contributed by atoms with Crippen molar-refractivity contribution in [2.75, 3.05) is 0 Å². The summed E-state index contributed by atoms with van der Waals surface area (Å²) in [6.45, 7) is 0.479. The molecule has 184 valence electrons. The molecule has 2 N–H and O–H groups in total. The van der Waals surface area contributed by atoms with Crippen molar-refractivity contribution in [2.45, 2.75) is 13.0 Å². The molecule has 1 amide bonds. The maximum atomic E-state index is 12.8. The molecular formula is C30H23Br2N3O2. The van der Waals surface area contributed by atoms with Gasteiger partial charge in [-0.3, -0.25) is 4.79 Å². The number of hydrazone groups is 1. The number of aromatic nitrogens is 1. The van der Waals surface area contributed by atoms with Gasteiger partial charge in [0, 0.05) is 39.5 Å². The third-order valence-electron chi connectivity index (χ3n) is 6.09. The number of aryl methyl sites for hydroxylation is 1. The van der Waals surface area contributed by atoms with Gasteiger partial charge in [-0.1, -0.05) is 94.8 Å². The zero-order chi connectivity index (χ0) is 25.8. The van der Waals surface area contributed by atoms with Crippen molar-refractivity contribution >= 4 is 54.9 Å². The second-order valence-corrected chi connectivity index (χ2v) is 10.3. The van der Waals surface area contributed by atoms with E-state index in [2.05, 4.69) is 83.4 Å². The van der Waals surface area contributed by atoms with Crippen LogP contribution in [-0.2, 0) is 11.3 Å². The standard InChI is InChI=1S/C30H23Br2N3O2/c31-23-17-22(30(37)25(32)18-23)19-33-34-27(36)15-16-35-26-14-8-7-13-24(26)28(20-9-3-1-4-10-20)29(35)21-11-5-2-6-12-21/h1-14,17-19,37H,15-16H2,(H,34,36). The summed E-state index contributed by atoms with van der Waals surface area (Å²) >= 11 is 6.69. The molecule has 0 aliphatic heterocycles. The van der Waals surface area contributed by atoms with Crippen LogP contribution in [0.3, 0.4) is 0 Å². The van der Waals surface area contributed by atoms with Crippen molar-refractivity contribution in [1.82, 2.24) is 9.99 Å². The van der Waals surface area contributed by atoms with E-state index in [9.17, 15) is 9.90 Å². The van der Waals surface area contributed by atoms with Crippen LogP contribution in [0.25, 0.3) is 33.3 Å². The van der Waals surface area contributed by atoms with Crippen molar-refractivity contribution < 1.29 is 9.90 Å². The Morgan fingerprint density at radius 3 is 2.27 bits per heavy atom. The predicted molar refractivity (Wildman–Crippen MR) is 157 cm³/mol. The fraction of sp³-hybridized carbons (Fsp3) is 0.0667. The van der Waals surface area contributed by atoms with E-state index in [4.69, 9.17) is 0 Å². The molecule has 0 bridgehead atoms. The first-order chi connectivity index (χ1) is 18.0. The van der Waals surface area contributed by atoms with Gasteiger partial charge in [0.2, 0.25) is 5.91 Å². The summed E-state index contributed by atoms with van der Waals surface area (Å²) in [6.07, 6.45) is 1.66. The quantitative estimate of drug-likeness (QED) is 0.145. The number of hydrogen-bond acceptors (Lipinski definition) is 3. The Kier molecular flexibility index (Phi) is 7.53. The number of fused-ring (bicyclic) bond motifs is 1. The zero-order valence-corrected chi connectivity index (χ0v) is 22.9. The van der Waals surface area contributed by atoms with Crippen LogP contribution in [0.2, 0.25) is 0 Å². The van der Waals surface area contributed by atoms with Gasteiger partial charge in [-0.2, -0.15) is 5.10 Å². The van der Waals surface area contributed by atoms with Gasteiger partial charge in [0.25, 0.3) is 0 Å². The van der Waals surface area contributed by atoms with Crippen LogP contribution in [0, 0.1) is 0 Å². The van der Waals surface area contributed by atoms with E-state index in [1.54, 1.807) is 12.1 Å². The van der Waals surface area contributed by atoms with Gasteiger partial charge >= 0.3 is 0 Å². The molecule has 1 aromatic heterocycles. The Hall–Kier alpha value is -3.68.